The Balaban J connectivity index is 2.22. The van der Waals surface area contributed by atoms with Crippen molar-refractivity contribution in [2.75, 3.05) is 0 Å². The van der Waals surface area contributed by atoms with Crippen molar-refractivity contribution in [2.45, 2.75) is 45.3 Å². The normalized spacial score (nSPS) is 28.4. The molecule has 0 radical (unpaired) electrons. The minimum absolute atomic E-state index is 0.0663. The maximum atomic E-state index is 13.0. The molecule has 2 rings (SSSR count). The Labute approximate surface area is 132 Å². The molecule has 0 heterocycles. The molecule has 4 unspecified atom stereocenters. The summed E-state index contributed by atoms with van der Waals surface area (Å²) in [6, 6.07) is 4.02. The van der Waals surface area contributed by atoms with E-state index in [0.717, 1.165) is 19.3 Å². The van der Waals surface area contributed by atoms with Gasteiger partial charge >= 0.3 is 6.18 Å². The van der Waals surface area contributed by atoms with Gasteiger partial charge in [0.1, 0.15) is 0 Å². The molecule has 1 saturated carbocycles. The molecule has 0 aromatic heterocycles. The van der Waals surface area contributed by atoms with Crippen LogP contribution < -0.4 is 5.73 Å². The van der Waals surface area contributed by atoms with Gasteiger partial charge in [-0.1, -0.05) is 42.3 Å². The molecule has 0 bridgehead atoms. The van der Waals surface area contributed by atoms with E-state index in [9.17, 15) is 13.2 Å². The smallest absolute Gasteiger partial charge is 0.324 e. The molecule has 0 saturated heterocycles. The summed E-state index contributed by atoms with van der Waals surface area (Å²) in [6.07, 6.45) is -1.28. The Morgan fingerprint density at radius 1 is 1.19 bits per heavy atom. The van der Waals surface area contributed by atoms with Crippen molar-refractivity contribution in [2.24, 2.45) is 23.5 Å². The van der Waals surface area contributed by atoms with Crippen molar-refractivity contribution in [3.8, 4) is 0 Å². The molecule has 1 fully saturated rings. The molecule has 5 heteroatoms. The fourth-order valence-electron chi connectivity index (χ4n) is 3.15. The predicted molar refractivity (Wildman–Crippen MR) is 81.7 cm³/mol. The van der Waals surface area contributed by atoms with Crippen LogP contribution in [0.2, 0.25) is 0 Å². The van der Waals surface area contributed by atoms with Gasteiger partial charge in [-0.3, -0.25) is 0 Å². The highest BCUT2D eigenvalue weighted by Crippen LogP contribution is 2.41. The Kier molecular flexibility index (Phi) is 5.03. The van der Waals surface area contributed by atoms with Crippen molar-refractivity contribution in [3.63, 3.8) is 0 Å². The lowest BCUT2D eigenvalue weighted by Gasteiger charge is -2.35. The van der Waals surface area contributed by atoms with E-state index in [1.165, 1.54) is 12.1 Å². The molecular weight excluding hydrogens is 343 g/mol. The lowest BCUT2D eigenvalue weighted by atomic mass is 9.72. The van der Waals surface area contributed by atoms with E-state index in [1.54, 1.807) is 6.07 Å². The van der Waals surface area contributed by atoms with Crippen LogP contribution in [0.3, 0.4) is 0 Å². The van der Waals surface area contributed by atoms with Gasteiger partial charge in [0, 0.05) is 10.5 Å². The number of benzene rings is 1. The summed E-state index contributed by atoms with van der Waals surface area (Å²) in [5, 5.41) is 0. The zero-order chi connectivity index (χ0) is 15.8. The van der Waals surface area contributed by atoms with E-state index >= 15 is 0 Å². The van der Waals surface area contributed by atoms with Gasteiger partial charge in [-0.2, -0.15) is 13.2 Å². The average Bonchev–Trinajstić information content (AvgIpc) is 2.40. The third kappa shape index (κ3) is 3.81. The molecule has 118 valence electrons. The Hall–Kier alpha value is -0.550. The monoisotopic (exact) mass is 363 g/mol. The lowest BCUT2D eigenvalue weighted by Crippen LogP contribution is -2.29. The first-order valence-corrected chi connectivity index (χ1v) is 8.11. The molecule has 1 aliphatic rings. The lowest BCUT2D eigenvalue weighted by molar-refractivity contribution is -0.138. The van der Waals surface area contributed by atoms with E-state index < -0.39 is 11.7 Å². The zero-order valence-corrected chi connectivity index (χ0v) is 13.8. The second-order valence-electron chi connectivity index (χ2n) is 6.29. The highest BCUT2D eigenvalue weighted by Gasteiger charge is 2.35. The minimum Gasteiger partial charge on any atom is -0.324 e. The highest BCUT2D eigenvalue weighted by molar-refractivity contribution is 9.10. The highest BCUT2D eigenvalue weighted by atomic mass is 79.9. The number of hydrogen-bond donors (Lipinski definition) is 1. The van der Waals surface area contributed by atoms with E-state index in [0.29, 0.717) is 17.4 Å². The van der Waals surface area contributed by atoms with Crippen LogP contribution in [0.4, 0.5) is 13.2 Å². The second-order valence-corrected chi connectivity index (χ2v) is 7.14. The predicted octanol–water partition coefficient (Wildman–Crippen LogP) is 5.54. The van der Waals surface area contributed by atoms with E-state index in [1.807, 2.05) is 0 Å². The fraction of sp³-hybridized carbons (Fsp3) is 0.625. The number of nitrogens with two attached hydrogens (primary N) is 1. The molecule has 2 N–H and O–H groups in total. The van der Waals surface area contributed by atoms with Crippen LogP contribution in [0.15, 0.2) is 22.7 Å². The first kappa shape index (κ1) is 16.8. The maximum Gasteiger partial charge on any atom is 0.417 e. The minimum atomic E-state index is -4.36. The second kappa shape index (κ2) is 6.29. The van der Waals surface area contributed by atoms with Crippen LogP contribution in [-0.2, 0) is 6.18 Å². The Morgan fingerprint density at radius 2 is 1.86 bits per heavy atom. The molecule has 1 aliphatic carbocycles. The third-order valence-corrected chi connectivity index (χ3v) is 5.52. The molecule has 1 nitrogen and oxygen atoms in total. The van der Waals surface area contributed by atoms with Gasteiger partial charge in [-0.15, -0.1) is 0 Å². The first-order chi connectivity index (χ1) is 9.70. The number of rotatable bonds is 2. The third-order valence-electron chi connectivity index (χ3n) is 4.83. The van der Waals surface area contributed by atoms with E-state index in [4.69, 9.17) is 5.73 Å². The summed E-state index contributed by atoms with van der Waals surface area (Å²) >= 11 is 2.97. The standard InChI is InChI=1S/C16H21BrF3N/c1-9-3-4-11(7-10(9)2)15(21)12-5-6-14(17)13(8-12)16(18,19)20/h5-6,8-11,15H,3-4,7,21H2,1-2H3. The van der Waals surface area contributed by atoms with Crippen molar-refractivity contribution in [3.05, 3.63) is 33.8 Å². The van der Waals surface area contributed by atoms with Crippen LogP contribution in [0.5, 0.6) is 0 Å². The molecule has 21 heavy (non-hydrogen) atoms. The fourth-order valence-corrected chi connectivity index (χ4v) is 3.63. The van der Waals surface area contributed by atoms with Crippen LogP contribution in [0.1, 0.15) is 50.3 Å². The molecule has 0 aliphatic heterocycles. The zero-order valence-electron chi connectivity index (χ0n) is 12.3. The topological polar surface area (TPSA) is 26.0 Å². The van der Waals surface area contributed by atoms with Crippen LogP contribution in [0, 0.1) is 17.8 Å². The van der Waals surface area contributed by atoms with Crippen LogP contribution in [-0.4, -0.2) is 0 Å². The van der Waals surface area contributed by atoms with Gasteiger partial charge in [0.25, 0.3) is 0 Å². The summed E-state index contributed by atoms with van der Waals surface area (Å²) in [6.45, 7) is 4.43. The first-order valence-electron chi connectivity index (χ1n) is 7.32. The summed E-state index contributed by atoms with van der Waals surface area (Å²) in [5.74, 6) is 1.51. The largest absolute Gasteiger partial charge is 0.417 e. The molecule has 4 atom stereocenters. The van der Waals surface area contributed by atoms with Gasteiger partial charge in [-0.05, 0) is 48.3 Å². The van der Waals surface area contributed by atoms with Gasteiger partial charge in [0.15, 0.2) is 0 Å². The van der Waals surface area contributed by atoms with E-state index in [2.05, 4.69) is 29.8 Å². The van der Waals surface area contributed by atoms with Gasteiger partial charge in [0.2, 0.25) is 0 Å². The van der Waals surface area contributed by atoms with Crippen molar-refractivity contribution in [1.29, 1.82) is 0 Å². The Morgan fingerprint density at radius 3 is 2.43 bits per heavy atom. The van der Waals surface area contributed by atoms with E-state index in [-0.39, 0.29) is 16.4 Å². The summed E-state index contributed by atoms with van der Waals surface area (Å²) in [4.78, 5) is 0. The van der Waals surface area contributed by atoms with Gasteiger partial charge in [0.05, 0.1) is 5.56 Å². The number of alkyl halides is 3. The van der Waals surface area contributed by atoms with Gasteiger partial charge < -0.3 is 5.73 Å². The SMILES string of the molecule is CC1CCC(C(N)c2ccc(Br)c(C(F)(F)F)c2)CC1C. The number of hydrogen-bond acceptors (Lipinski definition) is 1. The van der Waals surface area contributed by atoms with Crippen LogP contribution in [0.25, 0.3) is 0 Å². The summed E-state index contributed by atoms with van der Waals surface area (Å²) in [7, 11) is 0. The quantitative estimate of drug-likeness (QED) is 0.733. The van der Waals surface area contributed by atoms with Crippen molar-refractivity contribution >= 4 is 15.9 Å². The maximum absolute atomic E-state index is 13.0. The van der Waals surface area contributed by atoms with Gasteiger partial charge in [-0.25, -0.2) is 0 Å². The van der Waals surface area contributed by atoms with Crippen molar-refractivity contribution < 1.29 is 13.2 Å². The molecule has 0 amide bonds. The summed E-state index contributed by atoms with van der Waals surface area (Å²) in [5.41, 5.74) is 6.19. The molecule has 1 aromatic rings. The Bertz CT molecular complexity index is 501. The van der Waals surface area contributed by atoms with Crippen molar-refractivity contribution in [1.82, 2.24) is 0 Å². The molecule has 1 aromatic carbocycles. The van der Waals surface area contributed by atoms with Crippen LogP contribution >= 0.6 is 15.9 Å². The summed E-state index contributed by atoms with van der Waals surface area (Å²) < 4.78 is 39.0. The number of halogens is 4. The molecular formula is C16H21BrF3N. The molecule has 0 spiro atoms. The average molecular weight is 364 g/mol.